The number of rotatable bonds is 13. The number of carbonyl (C=O) groups is 1. The molecule has 4 N–H and O–H groups in total. The lowest BCUT2D eigenvalue weighted by Crippen LogP contribution is -2.54. The van der Waals surface area contributed by atoms with E-state index in [1.807, 2.05) is 13.0 Å². The zero-order valence-electron chi connectivity index (χ0n) is 39.8. The van der Waals surface area contributed by atoms with E-state index in [2.05, 4.69) is 67.9 Å². The number of carbonyl (C=O) groups excluding carboxylic acids is 1. The number of hydrogen-bond donors (Lipinski definition) is 4. The standard InChI is InChI=1S/C52H63N7O9S/c1-5-66-50-46(25-34-16-21-53-48(34)55-50)68-44-26-35(57-23-19-52(20-24-57)29-36(30-52)58-22-8-11-42(58)39-10-7-6-9-38(39)32(2)3)12-13-40(44)49(60)56-69(64,65)37-27-43(59(62)63)47-45(28-37)67-31-41(54-47)33-14-17-51(4,61)18-15-33/h6-7,9-10,12-13,16,21,25-28,32-33,36,41-42,54,61H,5,8,11,14-15,17-20,22-24,29-31H2,1-4H3,(H,53,55)(H,56,60)/t33-,41-,42+,51-/m1/s1. The van der Waals surface area contributed by atoms with E-state index >= 15 is 0 Å². The molecule has 16 nitrogen and oxygen atoms in total. The first-order valence-corrected chi connectivity index (χ1v) is 26.1. The molecule has 2 aliphatic carbocycles. The highest BCUT2D eigenvalue weighted by atomic mass is 32.2. The van der Waals surface area contributed by atoms with Crippen LogP contribution in [0.3, 0.4) is 0 Å². The molecular weight excluding hydrogens is 899 g/mol. The zero-order chi connectivity index (χ0) is 48.2. The summed E-state index contributed by atoms with van der Waals surface area (Å²) in [4.78, 5) is 38.3. The number of hydrogen-bond acceptors (Lipinski definition) is 13. The normalized spacial score (nSPS) is 23.8. The molecular formula is C52H63N7O9S. The molecule has 0 unspecified atom stereocenters. The van der Waals surface area contributed by atoms with Crippen LogP contribution in [0, 0.1) is 21.4 Å². The second-order valence-corrected chi connectivity index (χ2v) is 22.2. The van der Waals surface area contributed by atoms with Gasteiger partial charge in [-0.2, -0.15) is 4.98 Å². The molecule has 2 saturated carbocycles. The first-order chi connectivity index (χ1) is 33.1. The zero-order valence-corrected chi connectivity index (χ0v) is 40.6. The molecule has 5 heterocycles. The SMILES string of the molecule is CCOc1nc2[nH]ccc2cc1Oc1cc(N2CCC3(CC2)CC(N2CCC[C@H]2c2ccccc2C(C)C)C3)ccc1C(=O)NS(=O)(=O)c1cc2c(c([N+](=O)[O-])c1)N[C@@H]([C@H]1CC[C@](C)(O)CC1)CO2. The maximum atomic E-state index is 14.3. The molecule has 17 heteroatoms. The number of aromatic amines is 1. The van der Waals surface area contributed by atoms with Crippen LogP contribution in [-0.4, -0.2) is 89.8 Å². The van der Waals surface area contributed by atoms with Gasteiger partial charge in [0.25, 0.3) is 27.5 Å². The van der Waals surface area contributed by atoms with Gasteiger partial charge in [-0.1, -0.05) is 38.1 Å². The van der Waals surface area contributed by atoms with Crippen molar-refractivity contribution in [3.63, 3.8) is 0 Å². The van der Waals surface area contributed by atoms with Crippen LogP contribution in [0.4, 0.5) is 17.1 Å². The number of ether oxygens (including phenoxy) is 3. The molecule has 1 spiro atoms. The fourth-order valence-corrected chi connectivity index (χ4v) is 12.8. The lowest BCUT2D eigenvalue weighted by molar-refractivity contribution is -0.384. The molecule has 4 fully saturated rings. The highest BCUT2D eigenvalue weighted by molar-refractivity contribution is 7.90. The fraction of sp³-hybridized carbons (Fsp3) is 0.500. The molecule has 69 heavy (non-hydrogen) atoms. The molecule has 2 saturated heterocycles. The fourth-order valence-electron chi connectivity index (χ4n) is 11.8. The Hall–Kier alpha value is -5.91. The van der Waals surface area contributed by atoms with Crippen LogP contribution >= 0.6 is 0 Å². The van der Waals surface area contributed by atoms with Gasteiger partial charge in [0.1, 0.15) is 18.0 Å². The van der Waals surface area contributed by atoms with Gasteiger partial charge in [0.2, 0.25) is 0 Å². The van der Waals surface area contributed by atoms with E-state index < -0.39 is 37.0 Å². The van der Waals surface area contributed by atoms with Gasteiger partial charge >= 0.3 is 0 Å². The number of aromatic nitrogens is 2. The second-order valence-electron chi connectivity index (χ2n) is 20.6. The first kappa shape index (κ1) is 46.8. The third kappa shape index (κ3) is 9.32. The first-order valence-electron chi connectivity index (χ1n) is 24.6. The smallest absolute Gasteiger partial charge is 0.297 e. The van der Waals surface area contributed by atoms with Crippen LogP contribution in [-0.2, 0) is 10.0 Å². The minimum absolute atomic E-state index is 0.00561. The number of nitro benzene ring substituents is 1. The average Bonchev–Trinajstić information content (AvgIpc) is 4.00. The predicted molar refractivity (Wildman–Crippen MR) is 263 cm³/mol. The highest BCUT2D eigenvalue weighted by Gasteiger charge is 2.50. The number of amides is 1. The Balaban J connectivity index is 0.881. The summed E-state index contributed by atoms with van der Waals surface area (Å²) in [6, 6.07) is 20.6. The summed E-state index contributed by atoms with van der Waals surface area (Å²) in [6.07, 6.45) is 11.2. The number of sulfonamides is 1. The molecule has 0 bridgehead atoms. The van der Waals surface area contributed by atoms with Gasteiger partial charge in [-0.05, 0) is 137 Å². The van der Waals surface area contributed by atoms with E-state index in [-0.39, 0.29) is 65.0 Å². The van der Waals surface area contributed by atoms with Crippen molar-refractivity contribution in [3.05, 3.63) is 99.7 Å². The number of aliphatic hydroxyl groups is 1. The van der Waals surface area contributed by atoms with Crippen LogP contribution in [0.15, 0.2) is 77.8 Å². The van der Waals surface area contributed by atoms with Crippen LogP contribution < -0.4 is 29.1 Å². The number of likely N-dealkylation sites (tertiary alicyclic amines) is 1. The summed E-state index contributed by atoms with van der Waals surface area (Å²) < 4.78 is 48.7. The van der Waals surface area contributed by atoms with Crippen LogP contribution in [0.2, 0.25) is 0 Å². The number of piperidine rings is 1. The molecule has 3 aliphatic heterocycles. The van der Waals surface area contributed by atoms with Crippen LogP contribution in [0.25, 0.3) is 11.0 Å². The van der Waals surface area contributed by atoms with E-state index in [1.54, 1.807) is 37.4 Å². The van der Waals surface area contributed by atoms with Crippen molar-refractivity contribution in [2.45, 2.75) is 126 Å². The second kappa shape index (κ2) is 18.4. The number of nitrogens with zero attached hydrogens (tertiary/aromatic N) is 4. The molecule has 3 aromatic carbocycles. The molecule has 2 atom stereocenters. The maximum absolute atomic E-state index is 14.3. The number of fused-ring (bicyclic) bond motifs is 2. The molecule has 0 radical (unpaired) electrons. The summed E-state index contributed by atoms with van der Waals surface area (Å²) in [5.74, 6) is 0.0962. The molecule has 2 aromatic heterocycles. The van der Waals surface area contributed by atoms with Crippen molar-refractivity contribution >= 4 is 44.0 Å². The number of benzene rings is 3. The van der Waals surface area contributed by atoms with E-state index in [0.29, 0.717) is 49.3 Å². The molecule has 5 aromatic rings. The van der Waals surface area contributed by atoms with Gasteiger partial charge in [0.15, 0.2) is 17.2 Å². The van der Waals surface area contributed by atoms with Gasteiger partial charge in [0.05, 0.1) is 33.6 Å². The van der Waals surface area contributed by atoms with Crippen LogP contribution in [0.5, 0.6) is 23.1 Å². The topological polar surface area (TPSA) is 201 Å². The number of H-pyrrole nitrogens is 1. The lowest BCUT2D eigenvalue weighted by Gasteiger charge is -2.56. The lowest BCUT2D eigenvalue weighted by atomic mass is 9.59. The van der Waals surface area contributed by atoms with Gasteiger partial charge in [-0.3, -0.25) is 19.8 Å². The number of nitro groups is 1. The van der Waals surface area contributed by atoms with Gasteiger partial charge in [0, 0.05) is 60.6 Å². The van der Waals surface area contributed by atoms with Gasteiger partial charge in [-0.25, -0.2) is 13.1 Å². The average molecular weight is 962 g/mol. The molecule has 5 aliphatic rings. The predicted octanol–water partition coefficient (Wildman–Crippen LogP) is 9.60. The molecule has 366 valence electrons. The van der Waals surface area contributed by atoms with Crippen molar-refractivity contribution in [3.8, 4) is 23.1 Å². The summed E-state index contributed by atoms with van der Waals surface area (Å²) >= 11 is 0. The van der Waals surface area contributed by atoms with E-state index in [9.17, 15) is 28.4 Å². The Labute approximate surface area is 403 Å². The number of anilines is 2. The summed E-state index contributed by atoms with van der Waals surface area (Å²) in [7, 11) is -4.70. The van der Waals surface area contributed by atoms with Crippen molar-refractivity contribution < 1.29 is 37.5 Å². The van der Waals surface area contributed by atoms with Gasteiger partial charge in [-0.15, -0.1) is 0 Å². The Kier molecular flexibility index (Phi) is 12.5. The summed E-state index contributed by atoms with van der Waals surface area (Å²) in [5.41, 5.74) is 3.37. The Morgan fingerprint density at radius 1 is 1.01 bits per heavy atom. The minimum atomic E-state index is -4.70. The largest absolute Gasteiger partial charge is 0.489 e. The highest BCUT2D eigenvalue weighted by Crippen LogP contribution is 2.54. The van der Waals surface area contributed by atoms with Crippen molar-refractivity contribution in [2.75, 3.05) is 43.1 Å². The quantitative estimate of drug-likeness (QED) is 0.0643. The monoisotopic (exact) mass is 961 g/mol. The Bertz CT molecular complexity index is 2860. The van der Waals surface area contributed by atoms with Crippen molar-refractivity contribution in [1.82, 2.24) is 19.6 Å². The van der Waals surface area contributed by atoms with Crippen molar-refractivity contribution in [2.24, 2.45) is 11.3 Å². The van der Waals surface area contributed by atoms with E-state index in [0.717, 1.165) is 49.6 Å². The number of nitrogens with one attached hydrogen (secondary N) is 3. The summed E-state index contributed by atoms with van der Waals surface area (Å²) in [6.45, 7) is 11.4. The maximum Gasteiger partial charge on any atom is 0.297 e. The third-order valence-electron chi connectivity index (χ3n) is 15.7. The molecule has 10 rings (SSSR count). The number of pyridine rings is 1. The Morgan fingerprint density at radius 2 is 1.78 bits per heavy atom. The van der Waals surface area contributed by atoms with Gasteiger partial charge < -0.3 is 34.5 Å². The third-order valence-corrected chi connectivity index (χ3v) is 17.0. The van der Waals surface area contributed by atoms with Crippen LogP contribution in [0.1, 0.15) is 125 Å². The molecule has 1 amide bonds. The van der Waals surface area contributed by atoms with E-state index in [4.69, 9.17) is 14.2 Å². The Morgan fingerprint density at radius 3 is 2.52 bits per heavy atom. The van der Waals surface area contributed by atoms with Crippen molar-refractivity contribution in [1.29, 1.82) is 0 Å². The van der Waals surface area contributed by atoms with E-state index in [1.165, 1.54) is 42.9 Å². The summed E-state index contributed by atoms with van der Waals surface area (Å²) in [5, 5.41) is 26.9. The minimum Gasteiger partial charge on any atom is -0.489 e.